The summed E-state index contributed by atoms with van der Waals surface area (Å²) in [7, 11) is -1.82. The zero-order chi connectivity index (χ0) is 9.19. The van der Waals surface area contributed by atoms with Crippen molar-refractivity contribution in [1.29, 1.82) is 0 Å². The van der Waals surface area contributed by atoms with Crippen LogP contribution in [0, 0.1) is 0 Å². The van der Waals surface area contributed by atoms with Crippen LogP contribution in [0.5, 0.6) is 0 Å². The molecule has 0 aliphatic heterocycles. The van der Waals surface area contributed by atoms with Crippen molar-refractivity contribution in [2.24, 2.45) is 0 Å². The van der Waals surface area contributed by atoms with Gasteiger partial charge in [0.25, 0.3) is 0 Å². The monoisotopic (exact) mass is 206 g/mol. The van der Waals surface area contributed by atoms with Gasteiger partial charge in [0.2, 0.25) is 10.0 Å². The summed E-state index contributed by atoms with van der Waals surface area (Å²) in [6.45, 7) is 1.62. The van der Waals surface area contributed by atoms with E-state index >= 15 is 0 Å². The van der Waals surface area contributed by atoms with Gasteiger partial charge < -0.3 is 0 Å². The first-order valence-corrected chi connectivity index (χ1v) is 5.82. The lowest BCUT2D eigenvalue weighted by Crippen LogP contribution is -2.23. The molecule has 4 nitrogen and oxygen atoms in total. The normalized spacial score (nSPS) is 14.5. The van der Waals surface area contributed by atoms with Crippen LogP contribution in [0.2, 0.25) is 0 Å². The molecule has 1 heterocycles. The fourth-order valence-electron chi connectivity index (χ4n) is 0.745. The third kappa shape index (κ3) is 1.82. The molecule has 6 heteroatoms. The maximum absolute atomic E-state index is 11.3. The van der Waals surface area contributed by atoms with Crippen molar-refractivity contribution >= 4 is 21.4 Å². The molecular formula is C6H10N2O2S2. The summed E-state index contributed by atoms with van der Waals surface area (Å²) < 4.78 is 24.8. The quantitative estimate of drug-likeness (QED) is 0.794. The molecule has 0 spiro atoms. The fourth-order valence-corrected chi connectivity index (χ4v) is 2.55. The fraction of sp³-hybridized carbons (Fsp3) is 0.500. The Morgan fingerprint density at radius 3 is 2.75 bits per heavy atom. The van der Waals surface area contributed by atoms with E-state index in [1.807, 2.05) is 0 Å². The molecule has 0 saturated heterocycles. The number of nitrogens with one attached hydrogen (secondary N) is 1. The molecule has 1 unspecified atom stereocenters. The lowest BCUT2D eigenvalue weighted by molar-refractivity contribution is 0.577. The van der Waals surface area contributed by atoms with Crippen molar-refractivity contribution in [3.8, 4) is 0 Å². The molecule has 1 aromatic rings. The predicted molar refractivity (Wildman–Crippen MR) is 48.5 cm³/mol. The minimum absolute atomic E-state index is 0.567. The zero-order valence-corrected chi connectivity index (χ0v) is 8.45. The van der Waals surface area contributed by atoms with Gasteiger partial charge in [-0.1, -0.05) is 0 Å². The Labute approximate surface area is 75.7 Å². The van der Waals surface area contributed by atoms with Crippen molar-refractivity contribution in [2.75, 3.05) is 7.05 Å². The van der Waals surface area contributed by atoms with Crippen LogP contribution in [-0.4, -0.2) is 20.4 Å². The number of hydrogen-bond donors (Lipinski definition) is 1. The second-order valence-corrected chi connectivity index (χ2v) is 5.39. The van der Waals surface area contributed by atoms with Crippen molar-refractivity contribution in [2.45, 2.75) is 12.2 Å². The Morgan fingerprint density at radius 1 is 1.67 bits per heavy atom. The number of aromatic nitrogens is 1. The van der Waals surface area contributed by atoms with Crippen LogP contribution in [0.4, 0.5) is 0 Å². The first-order chi connectivity index (χ1) is 5.58. The lowest BCUT2D eigenvalue weighted by Gasteiger charge is -2.07. The van der Waals surface area contributed by atoms with Crippen LogP contribution in [-0.2, 0) is 10.0 Å². The van der Waals surface area contributed by atoms with E-state index in [0.717, 1.165) is 0 Å². The van der Waals surface area contributed by atoms with Crippen molar-refractivity contribution in [3.63, 3.8) is 0 Å². The van der Waals surface area contributed by atoms with Gasteiger partial charge in [-0.05, 0) is 14.0 Å². The molecule has 0 bridgehead atoms. The first kappa shape index (κ1) is 9.63. The largest absolute Gasteiger partial charge is 0.248 e. The molecule has 0 fully saturated rings. The molecule has 1 aromatic heterocycles. The molecule has 1 atom stereocenters. The number of hydrogen-bond acceptors (Lipinski definition) is 4. The molecule has 1 N–H and O–H groups in total. The van der Waals surface area contributed by atoms with E-state index in [-0.39, 0.29) is 0 Å². The molecule has 0 amide bonds. The summed E-state index contributed by atoms with van der Waals surface area (Å²) in [6, 6.07) is 0. The molecule has 0 aromatic carbocycles. The molecule has 0 saturated carbocycles. The summed E-state index contributed by atoms with van der Waals surface area (Å²) in [5.74, 6) is 0. The molecular weight excluding hydrogens is 196 g/mol. The van der Waals surface area contributed by atoms with Crippen LogP contribution in [0.3, 0.4) is 0 Å². The van der Waals surface area contributed by atoms with Gasteiger partial charge in [0.05, 0.1) is 0 Å². The van der Waals surface area contributed by atoms with Crippen LogP contribution in [0.1, 0.15) is 17.2 Å². The number of nitrogens with zero attached hydrogens (tertiary/aromatic N) is 1. The highest BCUT2D eigenvalue weighted by Crippen LogP contribution is 2.21. The van der Waals surface area contributed by atoms with Gasteiger partial charge in [0.1, 0.15) is 10.3 Å². The van der Waals surface area contributed by atoms with Crippen molar-refractivity contribution < 1.29 is 8.42 Å². The third-order valence-corrected chi connectivity index (χ3v) is 4.38. The SMILES string of the molecule is CNS(=O)(=O)C(C)c1nccs1. The Balaban J connectivity index is 2.94. The number of sulfonamides is 1. The molecule has 12 heavy (non-hydrogen) atoms. The number of rotatable bonds is 3. The summed E-state index contributed by atoms with van der Waals surface area (Å²) >= 11 is 1.34. The van der Waals surface area contributed by atoms with Crippen LogP contribution < -0.4 is 4.72 Å². The van der Waals surface area contributed by atoms with Gasteiger partial charge in [-0.3, -0.25) is 0 Å². The lowest BCUT2D eigenvalue weighted by atomic mass is 10.5. The van der Waals surface area contributed by atoms with Gasteiger partial charge in [-0.15, -0.1) is 11.3 Å². The summed E-state index contributed by atoms with van der Waals surface area (Å²) in [5, 5.41) is 1.81. The van der Waals surface area contributed by atoms with E-state index in [0.29, 0.717) is 5.01 Å². The summed E-state index contributed by atoms with van der Waals surface area (Å²) in [5.41, 5.74) is 0. The Bertz CT molecular complexity index is 330. The van der Waals surface area contributed by atoms with Crippen molar-refractivity contribution in [1.82, 2.24) is 9.71 Å². The second kappa shape index (κ2) is 3.51. The minimum Gasteiger partial charge on any atom is -0.248 e. The average Bonchev–Trinajstić information content (AvgIpc) is 2.55. The smallest absolute Gasteiger partial charge is 0.220 e. The Hall–Kier alpha value is -0.460. The Kier molecular flexibility index (Phi) is 2.81. The van der Waals surface area contributed by atoms with Crippen LogP contribution in [0.25, 0.3) is 0 Å². The topological polar surface area (TPSA) is 59.1 Å². The number of thiazole rings is 1. The van der Waals surface area contributed by atoms with E-state index < -0.39 is 15.3 Å². The maximum Gasteiger partial charge on any atom is 0.220 e. The average molecular weight is 206 g/mol. The van der Waals surface area contributed by atoms with Gasteiger partial charge >= 0.3 is 0 Å². The van der Waals surface area contributed by atoms with Crippen LogP contribution in [0.15, 0.2) is 11.6 Å². The second-order valence-electron chi connectivity index (χ2n) is 2.26. The van der Waals surface area contributed by atoms with E-state index in [1.54, 1.807) is 18.5 Å². The van der Waals surface area contributed by atoms with Gasteiger partial charge in [-0.2, -0.15) is 0 Å². The highest BCUT2D eigenvalue weighted by Gasteiger charge is 2.22. The molecule has 0 radical (unpaired) electrons. The Morgan fingerprint density at radius 2 is 2.33 bits per heavy atom. The van der Waals surface area contributed by atoms with E-state index in [4.69, 9.17) is 0 Å². The minimum atomic E-state index is -3.22. The van der Waals surface area contributed by atoms with Gasteiger partial charge in [-0.25, -0.2) is 18.1 Å². The zero-order valence-electron chi connectivity index (χ0n) is 6.81. The highest BCUT2D eigenvalue weighted by molar-refractivity contribution is 7.89. The highest BCUT2D eigenvalue weighted by atomic mass is 32.2. The summed E-state index contributed by atoms with van der Waals surface area (Å²) in [4.78, 5) is 3.93. The first-order valence-electron chi connectivity index (χ1n) is 3.39. The van der Waals surface area contributed by atoms with E-state index in [1.165, 1.54) is 18.4 Å². The van der Waals surface area contributed by atoms with Gasteiger partial charge in [0, 0.05) is 11.6 Å². The molecule has 1 rings (SSSR count). The third-order valence-electron chi connectivity index (χ3n) is 1.55. The van der Waals surface area contributed by atoms with Crippen molar-refractivity contribution in [3.05, 3.63) is 16.6 Å². The standard InChI is InChI=1S/C6H10N2O2S2/c1-5(12(9,10)7-2)6-8-3-4-11-6/h3-5,7H,1-2H3. The molecule has 0 aliphatic carbocycles. The molecule has 68 valence electrons. The maximum atomic E-state index is 11.3. The molecule has 0 aliphatic rings. The van der Waals surface area contributed by atoms with Gasteiger partial charge in [0.15, 0.2) is 0 Å². The summed E-state index contributed by atoms with van der Waals surface area (Å²) in [6.07, 6.45) is 1.60. The predicted octanol–water partition coefficient (Wildman–Crippen LogP) is 0.753. The van der Waals surface area contributed by atoms with E-state index in [2.05, 4.69) is 9.71 Å². The van der Waals surface area contributed by atoms with E-state index in [9.17, 15) is 8.42 Å². The van der Waals surface area contributed by atoms with Crippen LogP contribution >= 0.6 is 11.3 Å².